The summed E-state index contributed by atoms with van der Waals surface area (Å²) < 4.78 is 3.25. The van der Waals surface area contributed by atoms with Crippen molar-refractivity contribution in [3.63, 3.8) is 0 Å². The monoisotopic (exact) mass is 290 g/mol. The lowest BCUT2D eigenvalue weighted by molar-refractivity contribution is 0.729. The van der Waals surface area contributed by atoms with Crippen molar-refractivity contribution in [1.29, 1.82) is 0 Å². The fourth-order valence-electron chi connectivity index (χ4n) is 1.01. The van der Waals surface area contributed by atoms with Crippen molar-refractivity contribution in [2.75, 3.05) is 0 Å². The molecule has 0 aliphatic rings. The first kappa shape index (κ1) is 12.0. The maximum atomic E-state index is 5.77. The van der Waals surface area contributed by atoms with E-state index in [9.17, 15) is 0 Å². The van der Waals surface area contributed by atoms with Gasteiger partial charge in [0.05, 0.1) is 0 Å². The topological polar surface area (TPSA) is 43.6 Å². The summed E-state index contributed by atoms with van der Waals surface area (Å²) in [5, 5.41) is 5.29. The van der Waals surface area contributed by atoms with E-state index in [4.69, 9.17) is 23.8 Å². The molecule has 4 nitrogen and oxygen atoms in total. The standard InChI is InChI=1S/C8H7ClN4S3/c1-4-3-5(11-6(9)10-4)15-7-12-13(2)8(14)16-7/h3H,1-2H3. The molecule has 16 heavy (non-hydrogen) atoms. The molecule has 0 N–H and O–H groups in total. The molecule has 2 aromatic rings. The molecule has 2 rings (SSSR count). The molecule has 0 unspecified atom stereocenters. The van der Waals surface area contributed by atoms with E-state index in [1.807, 2.05) is 20.0 Å². The Bertz CT molecular complexity index is 557. The summed E-state index contributed by atoms with van der Waals surface area (Å²) in [4.78, 5) is 8.11. The molecule has 0 bridgehead atoms. The largest absolute Gasteiger partial charge is 0.247 e. The summed E-state index contributed by atoms with van der Waals surface area (Å²) in [6.07, 6.45) is 0. The van der Waals surface area contributed by atoms with Gasteiger partial charge in [-0.25, -0.2) is 14.6 Å². The van der Waals surface area contributed by atoms with Crippen LogP contribution in [0, 0.1) is 10.9 Å². The van der Waals surface area contributed by atoms with Crippen LogP contribution in [0.15, 0.2) is 15.4 Å². The van der Waals surface area contributed by atoms with Gasteiger partial charge < -0.3 is 0 Å². The Balaban J connectivity index is 2.30. The van der Waals surface area contributed by atoms with Crippen LogP contribution in [0.3, 0.4) is 0 Å². The molecule has 0 amide bonds. The molecule has 0 spiro atoms. The Morgan fingerprint density at radius 2 is 2.25 bits per heavy atom. The van der Waals surface area contributed by atoms with Gasteiger partial charge in [0.2, 0.25) is 5.28 Å². The van der Waals surface area contributed by atoms with Crippen molar-refractivity contribution in [3.05, 3.63) is 21.0 Å². The number of nitrogens with zero attached hydrogens (tertiary/aromatic N) is 4. The molecule has 84 valence electrons. The van der Waals surface area contributed by atoms with Crippen LogP contribution in [0.5, 0.6) is 0 Å². The van der Waals surface area contributed by atoms with Crippen molar-refractivity contribution in [2.24, 2.45) is 7.05 Å². The Morgan fingerprint density at radius 1 is 1.50 bits per heavy atom. The van der Waals surface area contributed by atoms with Gasteiger partial charge in [0.15, 0.2) is 8.29 Å². The minimum absolute atomic E-state index is 0.252. The average Bonchev–Trinajstić information content (AvgIpc) is 2.43. The first-order valence-electron chi connectivity index (χ1n) is 4.28. The third-order valence-corrected chi connectivity index (χ3v) is 4.22. The lowest BCUT2D eigenvalue weighted by Gasteiger charge is -1.98. The number of rotatable bonds is 2. The van der Waals surface area contributed by atoms with E-state index in [0.29, 0.717) is 0 Å². The van der Waals surface area contributed by atoms with Crippen molar-refractivity contribution in [1.82, 2.24) is 19.7 Å². The lowest BCUT2D eigenvalue weighted by atomic mass is 10.5. The minimum Gasteiger partial charge on any atom is -0.247 e. The van der Waals surface area contributed by atoms with Crippen LogP contribution in [0.1, 0.15) is 5.69 Å². The Kier molecular flexibility index (Phi) is 3.58. The second kappa shape index (κ2) is 4.79. The Hall–Kier alpha value is -0.500. The summed E-state index contributed by atoms with van der Waals surface area (Å²) in [5.41, 5.74) is 0.835. The van der Waals surface area contributed by atoms with E-state index in [1.165, 1.54) is 23.1 Å². The van der Waals surface area contributed by atoms with Gasteiger partial charge in [-0.1, -0.05) is 11.3 Å². The Morgan fingerprint density at radius 3 is 2.81 bits per heavy atom. The van der Waals surface area contributed by atoms with Crippen LogP contribution in [0.2, 0.25) is 5.28 Å². The summed E-state index contributed by atoms with van der Waals surface area (Å²) in [6, 6.07) is 1.86. The zero-order valence-electron chi connectivity index (χ0n) is 8.47. The molecular formula is C8H7ClN4S3. The summed E-state index contributed by atoms with van der Waals surface area (Å²) in [6.45, 7) is 1.87. The highest BCUT2D eigenvalue weighted by atomic mass is 35.5. The first-order chi connectivity index (χ1) is 7.54. The molecule has 0 fully saturated rings. The number of aromatic nitrogens is 4. The second-order valence-electron chi connectivity index (χ2n) is 2.98. The molecular weight excluding hydrogens is 284 g/mol. The molecule has 0 saturated carbocycles. The highest BCUT2D eigenvalue weighted by Gasteiger charge is 2.06. The fourth-order valence-corrected chi connectivity index (χ4v) is 3.57. The van der Waals surface area contributed by atoms with Gasteiger partial charge in [0.25, 0.3) is 0 Å². The zero-order valence-corrected chi connectivity index (χ0v) is 11.7. The summed E-state index contributed by atoms with van der Waals surface area (Å²) in [7, 11) is 1.82. The van der Waals surface area contributed by atoms with Gasteiger partial charge >= 0.3 is 0 Å². The molecule has 0 radical (unpaired) electrons. The third kappa shape index (κ3) is 2.79. The SMILES string of the molecule is Cc1cc(Sc2nn(C)c(=S)s2)nc(Cl)n1. The van der Waals surface area contributed by atoms with E-state index < -0.39 is 0 Å². The first-order valence-corrected chi connectivity index (χ1v) is 6.70. The van der Waals surface area contributed by atoms with Crippen LogP contribution < -0.4 is 0 Å². The van der Waals surface area contributed by atoms with Gasteiger partial charge in [0, 0.05) is 12.7 Å². The molecule has 0 saturated heterocycles. The quantitative estimate of drug-likeness (QED) is 0.483. The van der Waals surface area contributed by atoms with E-state index in [0.717, 1.165) is 19.0 Å². The lowest BCUT2D eigenvalue weighted by Crippen LogP contribution is -1.90. The van der Waals surface area contributed by atoms with Gasteiger partial charge in [-0.05, 0) is 48.6 Å². The van der Waals surface area contributed by atoms with Gasteiger partial charge in [-0.2, -0.15) is 5.10 Å². The van der Waals surface area contributed by atoms with Gasteiger partial charge in [-0.3, -0.25) is 0 Å². The Labute approximate surface area is 111 Å². The van der Waals surface area contributed by atoms with Crippen LogP contribution in [-0.2, 0) is 7.05 Å². The van der Waals surface area contributed by atoms with Crippen molar-refractivity contribution < 1.29 is 0 Å². The maximum Gasteiger partial charge on any atom is 0.223 e. The molecule has 8 heteroatoms. The molecule has 0 aromatic carbocycles. The van der Waals surface area contributed by atoms with E-state index in [-0.39, 0.29) is 5.28 Å². The average molecular weight is 291 g/mol. The van der Waals surface area contributed by atoms with E-state index in [1.54, 1.807) is 4.68 Å². The minimum atomic E-state index is 0.252. The van der Waals surface area contributed by atoms with Crippen molar-refractivity contribution in [2.45, 2.75) is 16.3 Å². The van der Waals surface area contributed by atoms with Crippen molar-refractivity contribution >= 4 is 46.9 Å². The molecule has 0 aliphatic heterocycles. The fraction of sp³-hybridized carbons (Fsp3) is 0.250. The van der Waals surface area contributed by atoms with E-state index >= 15 is 0 Å². The highest BCUT2D eigenvalue weighted by molar-refractivity contribution is 8.01. The predicted molar refractivity (Wildman–Crippen MR) is 67.8 cm³/mol. The number of hydrogen-bond acceptors (Lipinski definition) is 6. The maximum absolute atomic E-state index is 5.77. The summed E-state index contributed by atoms with van der Waals surface area (Å²) >= 11 is 13.7. The number of aryl methyl sites for hydroxylation is 2. The molecule has 2 aromatic heterocycles. The summed E-state index contributed by atoms with van der Waals surface area (Å²) in [5.74, 6) is 0. The smallest absolute Gasteiger partial charge is 0.223 e. The predicted octanol–water partition coefficient (Wildman–Crippen LogP) is 3.11. The highest BCUT2D eigenvalue weighted by Crippen LogP contribution is 2.29. The second-order valence-corrected chi connectivity index (χ2v) is 6.20. The van der Waals surface area contributed by atoms with Crippen LogP contribution in [0.25, 0.3) is 0 Å². The van der Waals surface area contributed by atoms with Gasteiger partial charge in [-0.15, -0.1) is 0 Å². The van der Waals surface area contributed by atoms with Crippen LogP contribution >= 0.6 is 46.9 Å². The molecule has 2 heterocycles. The third-order valence-electron chi connectivity index (χ3n) is 1.67. The zero-order chi connectivity index (χ0) is 11.7. The molecule has 0 atom stereocenters. The van der Waals surface area contributed by atoms with Crippen LogP contribution in [-0.4, -0.2) is 19.7 Å². The normalized spacial score (nSPS) is 10.7. The number of hydrogen-bond donors (Lipinski definition) is 0. The molecule has 0 aliphatic carbocycles. The number of halogens is 1. The van der Waals surface area contributed by atoms with E-state index in [2.05, 4.69) is 15.1 Å². The van der Waals surface area contributed by atoms with Crippen molar-refractivity contribution in [3.8, 4) is 0 Å². The van der Waals surface area contributed by atoms with Gasteiger partial charge in [0.1, 0.15) is 5.03 Å². The van der Waals surface area contributed by atoms with Crippen LogP contribution in [0.4, 0.5) is 0 Å².